The number of nitrogens with zero attached hydrogens (tertiary/aromatic N) is 4. The molecule has 1 fully saturated rings. The van der Waals surface area contributed by atoms with Crippen LogP contribution < -0.4 is 16.0 Å². The molecule has 0 aliphatic carbocycles. The van der Waals surface area contributed by atoms with Gasteiger partial charge in [0.15, 0.2) is 5.82 Å². The number of hydrogen-bond acceptors (Lipinski definition) is 7. The zero-order chi connectivity index (χ0) is 17.7. The van der Waals surface area contributed by atoms with E-state index in [0.29, 0.717) is 12.4 Å². The fourth-order valence-corrected chi connectivity index (χ4v) is 2.58. The summed E-state index contributed by atoms with van der Waals surface area (Å²) in [5.41, 5.74) is 7.28. The van der Waals surface area contributed by atoms with Gasteiger partial charge < -0.3 is 20.7 Å². The number of aryl methyl sites for hydroxylation is 1. The molecule has 8 nitrogen and oxygen atoms in total. The summed E-state index contributed by atoms with van der Waals surface area (Å²) in [7, 11) is 0. The van der Waals surface area contributed by atoms with Crippen molar-refractivity contribution in [2.24, 2.45) is 0 Å². The number of carbonyl (C=O) groups is 1. The Bertz CT molecular complexity index is 564. The average Bonchev–Trinajstić information content (AvgIpc) is 2.49. The van der Waals surface area contributed by atoms with E-state index >= 15 is 0 Å². The van der Waals surface area contributed by atoms with Crippen molar-refractivity contribution < 1.29 is 9.53 Å². The number of ether oxygens (including phenoxy) is 1. The number of aromatic nitrogens is 2. The van der Waals surface area contributed by atoms with Crippen LogP contribution in [0.1, 0.15) is 26.5 Å². The minimum absolute atomic E-state index is 0.368. The molecule has 134 valence electrons. The molecule has 0 saturated carbocycles. The Balaban J connectivity index is 1.73. The van der Waals surface area contributed by atoms with Crippen molar-refractivity contribution in [3.63, 3.8) is 0 Å². The first-order valence-electron chi connectivity index (χ1n) is 8.28. The molecule has 0 radical (unpaired) electrons. The molecule has 0 atom stereocenters. The largest absolute Gasteiger partial charge is 0.444 e. The van der Waals surface area contributed by atoms with Crippen LogP contribution in [0.25, 0.3) is 0 Å². The molecule has 1 aliphatic heterocycles. The maximum atomic E-state index is 11.6. The molecule has 8 heteroatoms. The lowest BCUT2D eigenvalue weighted by molar-refractivity contribution is 0.0521. The zero-order valence-electron chi connectivity index (χ0n) is 15.0. The van der Waals surface area contributed by atoms with Gasteiger partial charge in [-0.3, -0.25) is 4.90 Å². The number of nitrogens with two attached hydrogens (primary N) is 1. The van der Waals surface area contributed by atoms with Crippen molar-refractivity contribution in [1.29, 1.82) is 0 Å². The van der Waals surface area contributed by atoms with Gasteiger partial charge in [0.2, 0.25) is 0 Å². The first kappa shape index (κ1) is 18.3. The van der Waals surface area contributed by atoms with Crippen molar-refractivity contribution in [2.75, 3.05) is 49.9 Å². The van der Waals surface area contributed by atoms with Crippen LogP contribution in [0.2, 0.25) is 0 Å². The normalized spacial score (nSPS) is 16.1. The van der Waals surface area contributed by atoms with E-state index in [1.165, 1.54) is 0 Å². The SMILES string of the molecule is Cc1cc(N2CCN(CCNC(=O)OC(C)(C)C)CC2)c(N)nn1. The third-order valence-corrected chi connectivity index (χ3v) is 3.73. The van der Waals surface area contributed by atoms with Crippen LogP contribution in [0.3, 0.4) is 0 Å². The summed E-state index contributed by atoms with van der Waals surface area (Å²) in [4.78, 5) is 16.2. The van der Waals surface area contributed by atoms with Gasteiger partial charge in [0.05, 0.1) is 11.4 Å². The van der Waals surface area contributed by atoms with E-state index in [1.54, 1.807) is 0 Å². The molecule has 3 N–H and O–H groups in total. The second-order valence-electron chi connectivity index (χ2n) is 7.01. The van der Waals surface area contributed by atoms with E-state index in [9.17, 15) is 4.79 Å². The van der Waals surface area contributed by atoms with Gasteiger partial charge in [-0.25, -0.2) is 4.79 Å². The summed E-state index contributed by atoms with van der Waals surface area (Å²) in [6.07, 6.45) is -0.368. The minimum Gasteiger partial charge on any atom is -0.444 e. The number of alkyl carbamates (subject to hydrolysis) is 1. The van der Waals surface area contributed by atoms with Crippen molar-refractivity contribution >= 4 is 17.6 Å². The Kier molecular flexibility index (Phi) is 5.82. The molecule has 2 heterocycles. The fourth-order valence-electron chi connectivity index (χ4n) is 2.58. The van der Waals surface area contributed by atoms with Gasteiger partial charge in [-0.15, -0.1) is 5.10 Å². The van der Waals surface area contributed by atoms with Gasteiger partial charge in [-0.1, -0.05) is 0 Å². The lowest BCUT2D eigenvalue weighted by Gasteiger charge is -2.36. The van der Waals surface area contributed by atoms with E-state index in [2.05, 4.69) is 25.3 Å². The van der Waals surface area contributed by atoms with Gasteiger partial charge in [0.25, 0.3) is 0 Å². The molecule has 1 saturated heterocycles. The van der Waals surface area contributed by atoms with E-state index in [4.69, 9.17) is 10.5 Å². The number of anilines is 2. The number of piperazine rings is 1. The fraction of sp³-hybridized carbons (Fsp3) is 0.688. The Labute approximate surface area is 143 Å². The quantitative estimate of drug-likeness (QED) is 0.847. The van der Waals surface area contributed by atoms with Crippen LogP contribution >= 0.6 is 0 Å². The second kappa shape index (κ2) is 7.65. The second-order valence-corrected chi connectivity index (χ2v) is 7.01. The first-order chi connectivity index (χ1) is 11.2. The van der Waals surface area contributed by atoms with Crippen LogP contribution in [0, 0.1) is 6.92 Å². The molecular formula is C16H28N6O2. The van der Waals surface area contributed by atoms with E-state index in [0.717, 1.165) is 44.1 Å². The summed E-state index contributed by atoms with van der Waals surface area (Å²) in [6, 6.07) is 1.97. The number of carbonyl (C=O) groups excluding carboxylic acids is 1. The summed E-state index contributed by atoms with van der Waals surface area (Å²) in [5.74, 6) is 0.473. The number of hydrogen-bond donors (Lipinski definition) is 2. The zero-order valence-corrected chi connectivity index (χ0v) is 15.0. The molecule has 1 aliphatic rings. The Morgan fingerprint density at radius 3 is 2.58 bits per heavy atom. The summed E-state index contributed by atoms with van der Waals surface area (Å²) >= 11 is 0. The predicted molar refractivity (Wildman–Crippen MR) is 94.1 cm³/mol. The smallest absolute Gasteiger partial charge is 0.407 e. The van der Waals surface area contributed by atoms with Crippen LogP contribution in [-0.2, 0) is 4.74 Å². The summed E-state index contributed by atoms with van der Waals surface area (Å²) in [6.45, 7) is 12.4. The van der Waals surface area contributed by atoms with Crippen LogP contribution in [0.15, 0.2) is 6.07 Å². The predicted octanol–water partition coefficient (Wildman–Crippen LogP) is 1.01. The lowest BCUT2D eigenvalue weighted by Crippen LogP contribution is -2.49. The standard InChI is InChI=1S/C16H28N6O2/c1-12-11-13(14(17)20-19-12)22-9-7-21(8-10-22)6-5-18-15(23)24-16(2,3)4/h11H,5-10H2,1-4H3,(H2,17,20)(H,18,23). The average molecular weight is 336 g/mol. The Hall–Kier alpha value is -2.09. The number of nitrogen functional groups attached to an aromatic ring is 1. The molecular weight excluding hydrogens is 308 g/mol. The number of nitrogens with one attached hydrogen (secondary N) is 1. The maximum Gasteiger partial charge on any atom is 0.407 e. The molecule has 0 unspecified atom stereocenters. The molecule has 1 aromatic heterocycles. The third kappa shape index (κ3) is 5.52. The third-order valence-electron chi connectivity index (χ3n) is 3.73. The van der Waals surface area contributed by atoms with Gasteiger partial charge in [0.1, 0.15) is 5.60 Å². The highest BCUT2D eigenvalue weighted by atomic mass is 16.6. The van der Waals surface area contributed by atoms with Gasteiger partial charge in [-0.2, -0.15) is 5.10 Å². The minimum atomic E-state index is -0.466. The molecule has 1 aromatic rings. The molecule has 0 bridgehead atoms. The Morgan fingerprint density at radius 2 is 1.96 bits per heavy atom. The van der Waals surface area contributed by atoms with E-state index in [1.807, 2.05) is 33.8 Å². The van der Waals surface area contributed by atoms with Crippen molar-refractivity contribution in [2.45, 2.75) is 33.3 Å². The highest BCUT2D eigenvalue weighted by Gasteiger charge is 2.20. The van der Waals surface area contributed by atoms with Gasteiger partial charge in [0, 0.05) is 39.3 Å². The summed E-state index contributed by atoms with van der Waals surface area (Å²) in [5, 5.41) is 10.7. The first-order valence-corrected chi connectivity index (χ1v) is 8.28. The monoisotopic (exact) mass is 336 g/mol. The van der Waals surface area contributed by atoms with Crippen LogP contribution in [0.5, 0.6) is 0 Å². The molecule has 0 spiro atoms. The topological polar surface area (TPSA) is 96.6 Å². The summed E-state index contributed by atoms with van der Waals surface area (Å²) < 4.78 is 5.22. The lowest BCUT2D eigenvalue weighted by atomic mass is 10.2. The number of amides is 1. The molecule has 24 heavy (non-hydrogen) atoms. The molecule has 1 amide bonds. The van der Waals surface area contributed by atoms with Crippen LogP contribution in [-0.4, -0.2) is 66.1 Å². The molecule has 2 rings (SSSR count). The van der Waals surface area contributed by atoms with Crippen molar-refractivity contribution in [1.82, 2.24) is 20.4 Å². The Morgan fingerprint density at radius 1 is 1.29 bits per heavy atom. The number of rotatable bonds is 4. The highest BCUT2D eigenvalue weighted by molar-refractivity contribution is 5.67. The van der Waals surface area contributed by atoms with Gasteiger partial charge in [-0.05, 0) is 33.8 Å². The van der Waals surface area contributed by atoms with E-state index < -0.39 is 5.60 Å². The van der Waals surface area contributed by atoms with Gasteiger partial charge >= 0.3 is 6.09 Å². The molecule has 0 aromatic carbocycles. The highest BCUT2D eigenvalue weighted by Crippen LogP contribution is 2.22. The van der Waals surface area contributed by atoms with Crippen LogP contribution in [0.4, 0.5) is 16.3 Å². The maximum absolute atomic E-state index is 11.6. The van der Waals surface area contributed by atoms with Crippen molar-refractivity contribution in [3.05, 3.63) is 11.8 Å². The van der Waals surface area contributed by atoms with E-state index in [-0.39, 0.29) is 6.09 Å². The van der Waals surface area contributed by atoms with Crippen molar-refractivity contribution in [3.8, 4) is 0 Å².